The minimum Gasteiger partial charge on any atom is -0.508 e. The molecule has 0 fully saturated rings. The number of amides is 1. The van der Waals surface area contributed by atoms with E-state index >= 15 is 0 Å². The van der Waals surface area contributed by atoms with Crippen molar-refractivity contribution in [2.75, 3.05) is 5.88 Å². The van der Waals surface area contributed by atoms with Crippen molar-refractivity contribution in [2.24, 2.45) is 0 Å². The fourth-order valence-corrected chi connectivity index (χ4v) is 1.38. The van der Waals surface area contributed by atoms with Gasteiger partial charge in [0.15, 0.2) is 0 Å². The molecule has 0 aliphatic heterocycles. The number of aromatic hydroxyl groups is 1. The highest BCUT2D eigenvalue weighted by Gasteiger charge is 2.19. The summed E-state index contributed by atoms with van der Waals surface area (Å²) >= 11 is 5.29. The summed E-state index contributed by atoms with van der Waals surface area (Å²) in [6, 6.07) is 5.08. The van der Waals surface area contributed by atoms with E-state index in [4.69, 9.17) is 21.8 Å². The summed E-state index contributed by atoms with van der Waals surface area (Å²) in [4.78, 5) is 21.9. The van der Waals surface area contributed by atoms with Crippen LogP contribution >= 0.6 is 11.6 Å². The molecule has 5 nitrogen and oxygen atoms in total. The lowest BCUT2D eigenvalue weighted by molar-refractivity contribution is -0.141. The molecular formula is C11H12ClNO4. The van der Waals surface area contributed by atoms with Gasteiger partial charge in [-0.25, -0.2) is 4.79 Å². The molecule has 0 saturated carbocycles. The molecular weight excluding hydrogens is 246 g/mol. The largest absolute Gasteiger partial charge is 0.508 e. The Balaban J connectivity index is 2.70. The van der Waals surface area contributed by atoms with E-state index in [1.54, 1.807) is 12.1 Å². The summed E-state index contributed by atoms with van der Waals surface area (Å²) in [6.07, 6.45) is 0.137. The second-order valence-electron chi connectivity index (χ2n) is 3.46. The second kappa shape index (κ2) is 6.10. The number of hydrogen-bond acceptors (Lipinski definition) is 3. The Bertz CT molecular complexity index is 404. The molecule has 0 saturated heterocycles. The number of phenols is 1. The maximum Gasteiger partial charge on any atom is 0.326 e. The predicted molar refractivity (Wildman–Crippen MR) is 62.1 cm³/mol. The fourth-order valence-electron chi connectivity index (χ4n) is 1.30. The Morgan fingerprint density at radius 3 is 2.35 bits per heavy atom. The van der Waals surface area contributed by atoms with E-state index in [1.807, 2.05) is 0 Å². The van der Waals surface area contributed by atoms with E-state index in [1.165, 1.54) is 12.1 Å². The molecule has 92 valence electrons. The van der Waals surface area contributed by atoms with Crippen LogP contribution in [0.25, 0.3) is 0 Å². The van der Waals surface area contributed by atoms with Gasteiger partial charge in [-0.15, -0.1) is 11.6 Å². The van der Waals surface area contributed by atoms with Crippen molar-refractivity contribution in [3.05, 3.63) is 29.8 Å². The number of carbonyl (C=O) groups excluding carboxylic acids is 1. The topological polar surface area (TPSA) is 86.6 Å². The summed E-state index contributed by atoms with van der Waals surface area (Å²) in [5.41, 5.74) is 0.699. The van der Waals surface area contributed by atoms with Crippen LogP contribution in [0.4, 0.5) is 0 Å². The van der Waals surface area contributed by atoms with Crippen LogP contribution < -0.4 is 5.32 Å². The zero-order valence-corrected chi connectivity index (χ0v) is 9.65. The highest BCUT2D eigenvalue weighted by atomic mass is 35.5. The Morgan fingerprint density at radius 2 is 1.88 bits per heavy atom. The predicted octanol–water partition coefficient (Wildman–Crippen LogP) is 0.743. The van der Waals surface area contributed by atoms with Gasteiger partial charge in [0.05, 0.1) is 0 Å². The lowest BCUT2D eigenvalue weighted by Gasteiger charge is -2.13. The lowest BCUT2D eigenvalue weighted by Crippen LogP contribution is -2.42. The minimum atomic E-state index is -1.13. The van der Waals surface area contributed by atoms with E-state index in [-0.39, 0.29) is 18.1 Å². The quantitative estimate of drug-likeness (QED) is 0.679. The smallest absolute Gasteiger partial charge is 0.326 e. The van der Waals surface area contributed by atoms with Crippen LogP contribution in [0.3, 0.4) is 0 Å². The van der Waals surface area contributed by atoms with Crippen molar-refractivity contribution >= 4 is 23.5 Å². The molecule has 0 bridgehead atoms. The Labute approximate surface area is 103 Å². The summed E-state index contributed by atoms with van der Waals surface area (Å²) in [6.45, 7) is 0. The number of rotatable bonds is 5. The van der Waals surface area contributed by atoms with Crippen molar-refractivity contribution in [1.82, 2.24) is 5.32 Å². The van der Waals surface area contributed by atoms with Crippen molar-refractivity contribution in [3.63, 3.8) is 0 Å². The molecule has 0 aliphatic carbocycles. The van der Waals surface area contributed by atoms with E-state index in [2.05, 4.69) is 5.32 Å². The number of carboxylic acids is 1. The van der Waals surface area contributed by atoms with Gasteiger partial charge in [-0.2, -0.15) is 0 Å². The van der Waals surface area contributed by atoms with Gasteiger partial charge >= 0.3 is 5.97 Å². The van der Waals surface area contributed by atoms with Crippen LogP contribution in [0.2, 0.25) is 0 Å². The zero-order valence-electron chi connectivity index (χ0n) is 8.89. The number of alkyl halides is 1. The summed E-state index contributed by atoms with van der Waals surface area (Å²) in [5.74, 6) is -1.83. The molecule has 1 rings (SSSR count). The molecule has 0 heterocycles. The first-order valence-corrected chi connectivity index (χ1v) is 5.42. The summed E-state index contributed by atoms with van der Waals surface area (Å²) in [7, 11) is 0. The van der Waals surface area contributed by atoms with Gasteiger partial charge in [0.25, 0.3) is 0 Å². The maximum absolute atomic E-state index is 11.0. The standard InChI is InChI=1S/C11H12ClNO4/c12-6-10(15)13-9(11(16)17)5-7-1-3-8(14)4-2-7/h1-4,9,14H,5-6H2,(H,13,15)(H,16,17). The van der Waals surface area contributed by atoms with Crippen LogP contribution in [-0.2, 0) is 16.0 Å². The number of carbonyl (C=O) groups is 2. The van der Waals surface area contributed by atoms with Gasteiger partial charge < -0.3 is 15.5 Å². The first-order valence-electron chi connectivity index (χ1n) is 4.89. The number of nitrogens with one attached hydrogen (secondary N) is 1. The van der Waals surface area contributed by atoms with Gasteiger partial charge in [-0.1, -0.05) is 12.1 Å². The third-order valence-electron chi connectivity index (χ3n) is 2.13. The van der Waals surface area contributed by atoms with Crippen molar-refractivity contribution < 1.29 is 19.8 Å². The molecule has 3 N–H and O–H groups in total. The van der Waals surface area contributed by atoms with Crippen molar-refractivity contribution in [1.29, 1.82) is 0 Å². The maximum atomic E-state index is 11.0. The van der Waals surface area contributed by atoms with Gasteiger partial charge in [-0.05, 0) is 17.7 Å². The SMILES string of the molecule is O=C(CCl)NC(Cc1ccc(O)cc1)C(=O)O. The zero-order chi connectivity index (χ0) is 12.8. The Hall–Kier alpha value is -1.75. The van der Waals surface area contributed by atoms with Crippen LogP contribution in [0.1, 0.15) is 5.56 Å². The summed E-state index contributed by atoms with van der Waals surface area (Å²) in [5, 5.41) is 20.3. The molecule has 0 aliphatic rings. The van der Waals surface area contributed by atoms with Gasteiger partial charge in [0.2, 0.25) is 5.91 Å². The summed E-state index contributed by atoms with van der Waals surface area (Å²) < 4.78 is 0. The highest BCUT2D eigenvalue weighted by Crippen LogP contribution is 2.11. The van der Waals surface area contributed by atoms with Crippen molar-refractivity contribution in [3.8, 4) is 5.75 Å². The molecule has 0 aromatic heterocycles. The molecule has 1 aromatic rings. The molecule has 1 atom stereocenters. The Kier molecular flexibility index (Phi) is 4.78. The number of carboxylic acid groups (broad SMARTS) is 1. The first-order chi connectivity index (χ1) is 8.02. The number of aliphatic carboxylic acids is 1. The first kappa shape index (κ1) is 13.3. The number of hydrogen-bond donors (Lipinski definition) is 3. The monoisotopic (exact) mass is 257 g/mol. The second-order valence-corrected chi connectivity index (χ2v) is 3.73. The number of benzene rings is 1. The highest BCUT2D eigenvalue weighted by molar-refractivity contribution is 6.27. The van der Waals surface area contributed by atoms with Crippen LogP contribution in [0.15, 0.2) is 24.3 Å². The van der Waals surface area contributed by atoms with Crippen LogP contribution in [0.5, 0.6) is 5.75 Å². The lowest BCUT2D eigenvalue weighted by atomic mass is 10.1. The average Bonchev–Trinajstić information content (AvgIpc) is 2.30. The van der Waals surface area contributed by atoms with Crippen LogP contribution in [0, 0.1) is 0 Å². The molecule has 17 heavy (non-hydrogen) atoms. The van der Waals surface area contributed by atoms with Crippen LogP contribution in [-0.4, -0.2) is 34.0 Å². The third-order valence-corrected chi connectivity index (χ3v) is 2.37. The van der Waals surface area contributed by atoms with Gasteiger partial charge in [0, 0.05) is 6.42 Å². The Morgan fingerprint density at radius 1 is 1.29 bits per heavy atom. The molecule has 0 spiro atoms. The third kappa shape index (κ3) is 4.32. The molecule has 1 unspecified atom stereocenters. The molecule has 6 heteroatoms. The van der Waals surface area contributed by atoms with E-state index in [0.29, 0.717) is 5.56 Å². The molecule has 1 amide bonds. The minimum absolute atomic E-state index is 0.102. The number of phenolic OH excluding ortho intramolecular Hbond substituents is 1. The number of halogens is 1. The van der Waals surface area contributed by atoms with Gasteiger partial charge in [-0.3, -0.25) is 4.79 Å². The average molecular weight is 258 g/mol. The fraction of sp³-hybridized carbons (Fsp3) is 0.273. The normalized spacial score (nSPS) is 11.8. The molecule has 0 radical (unpaired) electrons. The van der Waals surface area contributed by atoms with E-state index in [9.17, 15) is 9.59 Å². The molecule has 1 aromatic carbocycles. The van der Waals surface area contributed by atoms with E-state index in [0.717, 1.165) is 0 Å². The van der Waals surface area contributed by atoms with Crippen molar-refractivity contribution in [2.45, 2.75) is 12.5 Å². The van der Waals surface area contributed by atoms with E-state index < -0.39 is 17.9 Å². The van der Waals surface area contributed by atoms with Gasteiger partial charge in [0.1, 0.15) is 17.7 Å².